The van der Waals surface area contributed by atoms with E-state index in [1.165, 1.54) is 31.0 Å². The summed E-state index contributed by atoms with van der Waals surface area (Å²) in [6.45, 7) is 1.37. The summed E-state index contributed by atoms with van der Waals surface area (Å²) in [6.07, 6.45) is 5.15. The maximum atomic E-state index is 14.8. The molecule has 0 spiro atoms. The third-order valence-electron chi connectivity index (χ3n) is 10.4. The first-order valence-corrected chi connectivity index (χ1v) is 15.4. The Hall–Kier alpha value is -2.70. The Balaban J connectivity index is 1.04. The number of rotatable bonds is 11. The van der Waals surface area contributed by atoms with Crippen molar-refractivity contribution in [3.8, 4) is 5.75 Å². The van der Waals surface area contributed by atoms with Crippen LogP contribution in [0.3, 0.4) is 0 Å². The van der Waals surface area contributed by atoms with Gasteiger partial charge in [-0.1, -0.05) is 18.2 Å². The minimum atomic E-state index is -4.81. The van der Waals surface area contributed by atoms with Crippen LogP contribution in [0.25, 0.3) is 0 Å². The summed E-state index contributed by atoms with van der Waals surface area (Å²) in [5.41, 5.74) is -0.556. The Labute approximate surface area is 249 Å². The van der Waals surface area contributed by atoms with Crippen LogP contribution in [0.5, 0.6) is 5.75 Å². The molecule has 5 aliphatic carbocycles. The van der Waals surface area contributed by atoms with Crippen molar-refractivity contribution in [1.29, 1.82) is 0 Å². The molecule has 1 aromatic carbocycles. The van der Waals surface area contributed by atoms with Crippen LogP contribution < -0.4 is 20.7 Å². The van der Waals surface area contributed by atoms with Crippen LogP contribution >= 0.6 is 0 Å². The number of nitrogens with one attached hydrogen (secondary N) is 3. The standard InChI is InChI=1S/C31H41F4N5O3/c32-24-16-38-28(37-15-21-3-1-2-4-25(21)43-31(33,34)35)40-27(24)39-17-29-11-20-9-22(12-29)26(23(10-20)13-29)36-14-19-5-7-30(42,18-41)8-6-19/h1-4,16,19-20,22-23,26,36,41-42H,5-15,17-18H2,(H2,37,38,39,40)/t19?,20?,22-,23+,26?,29?,30?. The van der Waals surface area contributed by atoms with Gasteiger partial charge in [0.05, 0.1) is 18.4 Å². The predicted octanol–water partition coefficient (Wildman–Crippen LogP) is 5.24. The SMILES string of the molecule is OCC1(O)CCC(CNC2[C@@H]3CC4C[C@H]2CC(CNc2nc(NCc5ccccc5OC(F)(F)F)ncc2F)(C4)C3)CC1. The summed E-state index contributed by atoms with van der Waals surface area (Å²) in [5, 5.41) is 29.8. The van der Waals surface area contributed by atoms with Crippen LogP contribution in [0.15, 0.2) is 30.5 Å². The number of anilines is 2. The number of aliphatic hydroxyl groups is 2. The predicted molar refractivity (Wildman–Crippen MR) is 153 cm³/mol. The third-order valence-corrected chi connectivity index (χ3v) is 10.4. The number of aromatic nitrogens is 2. The van der Waals surface area contributed by atoms with E-state index in [-0.39, 0.29) is 41.6 Å². The molecule has 1 heterocycles. The van der Waals surface area contributed by atoms with Gasteiger partial charge in [-0.05, 0) is 99.5 Å². The second-order valence-electron chi connectivity index (χ2n) is 13.5. The summed E-state index contributed by atoms with van der Waals surface area (Å²) in [4.78, 5) is 8.28. The summed E-state index contributed by atoms with van der Waals surface area (Å²) in [6, 6.07) is 6.30. The largest absolute Gasteiger partial charge is 0.573 e. The highest BCUT2D eigenvalue weighted by molar-refractivity contribution is 5.43. The van der Waals surface area contributed by atoms with Gasteiger partial charge in [0, 0.05) is 24.7 Å². The van der Waals surface area contributed by atoms with E-state index in [1.807, 2.05) is 0 Å². The highest BCUT2D eigenvalue weighted by atomic mass is 19.4. The lowest BCUT2D eigenvalue weighted by Gasteiger charge is -2.60. The smallest absolute Gasteiger partial charge is 0.405 e. The van der Waals surface area contributed by atoms with Gasteiger partial charge in [0.15, 0.2) is 11.6 Å². The van der Waals surface area contributed by atoms with Crippen molar-refractivity contribution in [3.63, 3.8) is 0 Å². The van der Waals surface area contributed by atoms with Crippen molar-refractivity contribution in [2.75, 3.05) is 30.3 Å². The zero-order chi connectivity index (χ0) is 30.2. The lowest BCUT2D eigenvalue weighted by Crippen LogP contribution is -2.60. The first kappa shape index (κ1) is 30.3. The Morgan fingerprint density at radius 2 is 1.74 bits per heavy atom. The van der Waals surface area contributed by atoms with Gasteiger partial charge in [-0.3, -0.25) is 0 Å². The van der Waals surface area contributed by atoms with Crippen LogP contribution in [0.1, 0.15) is 63.4 Å². The monoisotopic (exact) mass is 607 g/mol. The maximum Gasteiger partial charge on any atom is 0.573 e. The molecule has 5 atom stereocenters. The number of halogens is 4. The van der Waals surface area contributed by atoms with E-state index in [1.54, 1.807) is 6.07 Å². The molecule has 0 saturated heterocycles. The fraction of sp³-hybridized carbons (Fsp3) is 0.677. The molecule has 236 valence electrons. The molecule has 3 unspecified atom stereocenters. The Kier molecular flexibility index (Phi) is 8.47. The van der Waals surface area contributed by atoms with Crippen molar-refractivity contribution in [3.05, 3.63) is 41.8 Å². The van der Waals surface area contributed by atoms with E-state index in [2.05, 4.69) is 30.7 Å². The molecular formula is C31H41F4N5O3. The van der Waals surface area contributed by atoms with Crippen molar-refractivity contribution in [1.82, 2.24) is 15.3 Å². The second-order valence-corrected chi connectivity index (χ2v) is 13.5. The van der Waals surface area contributed by atoms with Crippen molar-refractivity contribution >= 4 is 11.8 Å². The van der Waals surface area contributed by atoms with Crippen LogP contribution in [0.4, 0.5) is 29.3 Å². The van der Waals surface area contributed by atoms with E-state index < -0.39 is 17.8 Å². The molecular weight excluding hydrogens is 566 g/mol. The quantitative estimate of drug-likeness (QED) is 0.221. The van der Waals surface area contributed by atoms with E-state index in [0.29, 0.717) is 49.1 Å². The number of aliphatic hydroxyl groups excluding tert-OH is 1. The molecule has 2 aromatic rings. The van der Waals surface area contributed by atoms with Crippen molar-refractivity contribution in [2.24, 2.45) is 29.1 Å². The molecule has 7 rings (SSSR count). The summed E-state index contributed by atoms with van der Waals surface area (Å²) in [7, 11) is 0. The molecule has 5 fully saturated rings. The molecule has 5 N–H and O–H groups in total. The fourth-order valence-electron chi connectivity index (χ4n) is 8.52. The second kappa shape index (κ2) is 12.0. The van der Waals surface area contributed by atoms with Crippen LogP contribution in [-0.4, -0.2) is 57.9 Å². The first-order valence-electron chi connectivity index (χ1n) is 15.4. The van der Waals surface area contributed by atoms with Gasteiger partial charge in [0.2, 0.25) is 5.95 Å². The number of alkyl halides is 3. The highest BCUT2D eigenvalue weighted by Gasteiger charge is 2.55. The Morgan fingerprint density at radius 3 is 2.44 bits per heavy atom. The van der Waals surface area contributed by atoms with Gasteiger partial charge in [-0.2, -0.15) is 4.98 Å². The van der Waals surface area contributed by atoms with Crippen LogP contribution in [-0.2, 0) is 6.54 Å². The average Bonchev–Trinajstić information content (AvgIpc) is 2.96. The number of nitrogens with zero attached hydrogens (tertiary/aromatic N) is 2. The molecule has 1 aromatic heterocycles. The van der Waals surface area contributed by atoms with Crippen molar-refractivity contribution in [2.45, 2.75) is 82.3 Å². The summed E-state index contributed by atoms with van der Waals surface area (Å²) in [5.74, 6) is 1.67. The van der Waals surface area contributed by atoms with E-state index >= 15 is 0 Å². The molecule has 8 nitrogen and oxygen atoms in total. The third kappa shape index (κ3) is 7.01. The first-order chi connectivity index (χ1) is 20.5. The van der Waals surface area contributed by atoms with Gasteiger partial charge in [0.25, 0.3) is 0 Å². The fourth-order valence-corrected chi connectivity index (χ4v) is 8.52. The lowest BCUT2D eigenvalue weighted by molar-refractivity contribution is -0.274. The summed E-state index contributed by atoms with van der Waals surface area (Å²) >= 11 is 0. The van der Waals surface area contributed by atoms with Gasteiger partial charge in [0.1, 0.15) is 5.75 Å². The number of para-hydroxylation sites is 1. The number of benzene rings is 1. The van der Waals surface area contributed by atoms with Crippen LogP contribution in [0, 0.1) is 34.9 Å². The number of hydrogen-bond acceptors (Lipinski definition) is 8. The number of hydrogen-bond donors (Lipinski definition) is 5. The number of ether oxygens (including phenoxy) is 1. The highest BCUT2D eigenvalue weighted by Crippen LogP contribution is 2.60. The van der Waals surface area contributed by atoms with Crippen molar-refractivity contribution < 1.29 is 32.5 Å². The zero-order valence-electron chi connectivity index (χ0n) is 24.2. The van der Waals surface area contributed by atoms with Gasteiger partial charge in [-0.25, -0.2) is 9.37 Å². The molecule has 0 radical (unpaired) electrons. The minimum Gasteiger partial charge on any atom is -0.405 e. The van der Waals surface area contributed by atoms with Crippen LogP contribution in [0.2, 0.25) is 0 Å². The Bertz CT molecular complexity index is 1260. The molecule has 12 heteroatoms. The molecule has 5 aliphatic rings. The van der Waals surface area contributed by atoms with Gasteiger partial charge >= 0.3 is 6.36 Å². The van der Waals surface area contributed by atoms with E-state index in [4.69, 9.17) is 0 Å². The molecule has 0 amide bonds. The van der Waals surface area contributed by atoms with Gasteiger partial charge in [-0.15, -0.1) is 13.2 Å². The molecule has 5 saturated carbocycles. The molecule has 43 heavy (non-hydrogen) atoms. The van der Waals surface area contributed by atoms with Gasteiger partial charge < -0.3 is 30.9 Å². The zero-order valence-corrected chi connectivity index (χ0v) is 24.2. The topological polar surface area (TPSA) is 112 Å². The normalized spacial score (nSPS) is 33.4. The Morgan fingerprint density at radius 1 is 1.02 bits per heavy atom. The molecule has 4 bridgehead atoms. The maximum absolute atomic E-state index is 14.8. The van der Waals surface area contributed by atoms with E-state index in [9.17, 15) is 27.8 Å². The lowest BCUT2D eigenvalue weighted by atomic mass is 9.48. The van der Waals surface area contributed by atoms with E-state index in [0.717, 1.165) is 44.8 Å². The minimum absolute atomic E-state index is 0.0240. The summed E-state index contributed by atoms with van der Waals surface area (Å²) < 4.78 is 57.2. The average molecular weight is 608 g/mol. The molecule has 0 aliphatic heterocycles.